The number of carbonyl (C=O) groups is 1. The van der Waals surface area contributed by atoms with Crippen LogP contribution >= 0.6 is 0 Å². The molecule has 0 bridgehead atoms. The summed E-state index contributed by atoms with van der Waals surface area (Å²) in [5, 5.41) is 22.7. The van der Waals surface area contributed by atoms with Gasteiger partial charge in [0.2, 0.25) is 0 Å². The lowest BCUT2D eigenvalue weighted by Crippen LogP contribution is -2.38. The number of aromatic nitrogens is 2. The average Bonchev–Trinajstić information content (AvgIpc) is 3.16. The van der Waals surface area contributed by atoms with E-state index in [1.807, 2.05) is 0 Å². The molecule has 0 spiro atoms. The van der Waals surface area contributed by atoms with Gasteiger partial charge in [0, 0.05) is 18.4 Å². The van der Waals surface area contributed by atoms with Crippen LogP contribution in [0.3, 0.4) is 0 Å². The second-order valence-electron chi connectivity index (χ2n) is 8.52. The number of unbranched alkanes of at least 4 members (excludes halogenated alkanes) is 6. The molecule has 0 saturated carbocycles. The molecule has 1 aliphatic heterocycles. The Hall–Kier alpha value is -2.59. The van der Waals surface area contributed by atoms with E-state index < -0.39 is 36.8 Å². The molecule has 1 saturated heterocycles. The van der Waals surface area contributed by atoms with Gasteiger partial charge in [0.1, 0.15) is 24.1 Å². The fourth-order valence-electron chi connectivity index (χ4n) is 4.01. The molecule has 0 unspecified atom stereocenters. The highest BCUT2D eigenvalue weighted by atomic mass is 16.6. The predicted molar refractivity (Wildman–Crippen MR) is 128 cm³/mol. The van der Waals surface area contributed by atoms with Gasteiger partial charge >= 0.3 is 5.69 Å². The fraction of sp³-hybridized carbons (Fsp3) is 0.560. The van der Waals surface area contributed by atoms with Crippen LogP contribution in [0.25, 0.3) is 0 Å². The van der Waals surface area contributed by atoms with Crippen molar-refractivity contribution in [2.75, 3.05) is 18.5 Å². The van der Waals surface area contributed by atoms with Crippen LogP contribution in [0.5, 0.6) is 0 Å². The van der Waals surface area contributed by atoms with Crippen molar-refractivity contribution >= 4 is 11.7 Å². The van der Waals surface area contributed by atoms with Crippen molar-refractivity contribution in [3.05, 3.63) is 58.6 Å². The SMILES string of the molecule is CCCCCCCCCO[C@@H]1[C@H](O)[C@@H](CO)O[C@H]1n1ccc(NC(=O)c2ccccc2)nc1=O. The maximum absolute atomic E-state index is 12.7. The normalized spacial score (nSPS) is 22.1. The minimum absolute atomic E-state index is 0.105. The summed E-state index contributed by atoms with van der Waals surface area (Å²) in [6, 6.07) is 10.1. The van der Waals surface area contributed by atoms with Gasteiger partial charge in [-0.25, -0.2) is 4.79 Å². The number of aliphatic hydroxyl groups is 2. The zero-order valence-corrected chi connectivity index (χ0v) is 19.6. The third kappa shape index (κ3) is 6.96. The standard InChI is InChI=1S/C25H35N3O6/c1-2-3-4-5-6-7-11-16-33-22-21(30)19(17-29)34-24(22)28-15-14-20(27-25(28)32)26-23(31)18-12-9-8-10-13-18/h8-10,12-15,19,21-22,24,29-30H,2-7,11,16-17H2,1H3,(H,26,27,31,32)/t19-,21-,22-,24-/m1/s1. The molecule has 3 N–H and O–H groups in total. The van der Waals surface area contributed by atoms with Crippen LogP contribution in [0.4, 0.5) is 5.82 Å². The summed E-state index contributed by atoms with van der Waals surface area (Å²) in [7, 11) is 0. The van der Waals surface area contributed by atoms with Crippen LogP contribution in [-0.2, 0) is 9.47 Å². The molecule has 4 atom stereocenters. The molecular formula is C25H35N3O6. The minimum Gasteiger partial charge on any atom is -0.394 e. The van der Waals surface area contributed by atoms with E-state index in [2.05, 4.69) is 17.2 Å². The number of ether oxygens (including phenoxy) is 2. The number of anilines is 1. The van der Waals surface area contributed by atoms with E-state index in [0.29, 0.717) is 12.2 Å². The number of amides is 1. The zero-order valence-electron chi connectivity index (χ0n) is 19.6. The number of nitrogens with one attached hydrogen (secondary N) is 1. The molecule has 186 valence electrons. The number of benzene rings is 1. The first-order valence-corrected chi connectivity index (χ1v) is 12.1. The number of aliphatic hydroxyl groups excluding tert-OH is 2. The summed E-state index contributed by atoms with van der Waals surface area (Å²) in [6.45, 7) is 2.21. The van der Waals surface area contributed by atoms with Crippen LogP contribution in [0.2, 0.25) is 0 Å². The Labute approximate surface area is 199 Å². The van der Waals surface area contributed by atoms with E-state index in [9.17, 15) is 19.8 Å². The second-order valence-corrected chi connectivity index (χ2v) is 8.52. The molecule has 1 amide bonds. The molecule has 1 aliphatic rings. The van der Waals surface area contributed by atoms with Crippen LogP contribution in [0.15, 0.2) is 47.4 Å². The Balaban J connectivity index is 1.61. The highest BCUT2D eigenvalue weighted by Crippen LogP contribution is 2.31. The van der Waals surface area contributed by atoms with Gasteiger partial charge in [0.25, 0.3) is 5.91 Å². The zero-order chi connectivity index (χ0) is 24.3. The molecular weight excluding hydrogens is 438 g/mol. The molecule has 0 aliphatic carbocycles. The van der Waals surface area contributed by atoms with Crippen molar-refractivity contribution < 1.29 is 24.5 Å². The van der Waals surface area contributed by atoms with E-state index in [1.54, 1.807) is 30.3 Å². The topological polar surface area (TPSA) is 123 Å². The molecule has 34 heavy (non-hydrogen) atoms. The van der Waals surface area contributed by atoms with Gasteiger partial charge in [-0.15, -0.1) is 0 Å². The lowest BCUT2D eigenvalue weighted by molar-refractivity contribution is -0.0748. The molecule has 9 nitrogen and oxygen atoms in total. The van der Waals surface area contributed by atoms with Crippen molar-refractivity contribution in [1.82, 2.24) is 9.55 Å². The van der Waals surface area contributed by atoms with Gasteiger partial charge in [0.05, 0.1) is 6.61 Å². The lowest BCUT2D eigenvalue weighted by atomic mass is 10.1. The average molecular weight is 474 g/mol. The molecule has 2 aromatic rings. The van der Waals surface area contributed by atoms with Crippen molar-refractivity contribution in [2.45, 2.75) is 76.4 Å². The molecule has 0 radical (unpaired) electrons. The smallest absolute Gasteiger partial charge is 0.351 e. The van der Waals surface area contributed by atoms with Crippen LogP contribution in [0, 0.1) is 0 Å². The third-order valence-electron chi connectivity index (χ3n) is 5.93. The van der Waals surface area contributed by atoms with Gasteiger partial charge < -0.3 is 25.0 Å². The van der Waals surface area contributed by atoms with Gasteiger partial charge in [-0.05, 0) is 24.6 Å². The molecule has 3 rings (SSSR count). The highest BCUT2D eigenvalue weighted by molar-refractivity contribution is 6.03. The van der Waals surface area contributed by atoms with Crippen LogP contribution in [-0.4, -0.2) is 57.2 Å². The van der Waals surface area contributed by atoms with E-state index in [4.69, 9.17) is 9.47 Å². The number of hydrogen-bond donors (Lipinski definition) is 3. The number of carbonyl (C=O) groups excluding carboxylic acids is 1. The summed E-state index contributed by atoms with van der Waals surface area (Å²) >= 11 is 0. The Bertz CT molecular complexity index is 951. The molecule has 1 aromatic carbocycles. The number of rotatable bonds is 13. The van der Waals surface area contributed by atoms with Crippen LogP contribution < -0.4 is 11.0 Å². The van der Waals surface area contributed by atoms with Crippen molar-refractivity contribution in [3.8, 4) is 0 Å². The summed E-state index contributed by atoms with van der Waals surface area (Å²) in [5.41, 5.74) is -0.216. The van der Waals surface area contributed by atoms with E-state index in [1.165, 1.54) is 42.5 Å². The second kappa shape index (κ2) is 13.3. The van der Waals surface area contributed by atoms with Crippen molar-refractivity contribution in [2.24, 2.45) is 0 Å². The minimum atomic E-state index is -1.08. The highest BCUT2D eigenvalue weighted by Gasteiger charge is 2.45. The summed E-state index contributed by atoms with van der Waals surface area (Å²) in [6.07, 6.45) is 5.65. The maximum atomic E-state index is 12.7. The quantitative estimate of drug-likeness (QED) is 0.382. The van der Waals surface area contributed by atoms with Gasteiger partial charge in [0.15, 0.2) is 6.23 Å². The van der Waals surface area contributed by atoms with Crippen molar-refractivity contribution in [1.29, 1.82) is 0 Å². The van der Waals surface area contributed by atoms with Gasteiger partial charge in [-0.3, -0.25) is 9.36 Å². The van der Waals surface area contributed by atoms with E-state index in [-0.39, 0.29) is 11.7 Å². The Morgan fingerprint density at radius 2 is 1.82 bits per heavy atom. The molecule has 1 aromatic heterocycles. The van der Waals surface area contributed by atoms with E-state index >= 15 is 0 Å². The predicted octanol–water partition coefficient (Wildman–Crippen LogP) is 2.88. The number of nitrogens with zero attached hydrogens (tertiary/aromatic N) is 2. The largest absolute Gasteiger partial charge is 0.394 e. The molecule has 9 heteroatoms. The first-order valence-electron chi connectivity index (χ1n) is 12.1. The van der Waals surface area contributed by atoms with E-state index in [0.717, 1.165) is 19.3 Å². The molecule has 2 heterocycles. The summed E-state index contributed by atoms with van der Waals surface area (Å²) in [4.78, 5) is 29.0. The third-order valence-corrected chi connectivity index (χ3v) is 5.93. The number of hydrogen-bond acceptors (Lipinski definition) is 7. The summed E-state index contributed by atoms with van der Waals surface area (Å²) < 4.78 is 12.8. The van der Waals surface area contributed by atoms with Crippen molar-refractivity contribution in [3.63, 3.8) is 0 Å². The first-order chi connectivity index (χ1) is 16.5. The van der Waals surface area contributed by atoms with Crippen LogP contribution in [0.1, 0.15) is 68.5 Å². The Morgan fingerprint density at radius 1 is 1.12 bits per heavy atom. The fourth-order valence-corrected chi connectivity index (χ4v) is 4.01. The monoisotopic (exact) mass is 473 g/mol. The summed E-state index contributed by atoms with van der Waals surface area (Å²) in [5.74, 6) is -0.276. The first kappa shape index (κ1) is 26.0. The Kier molecular flexibility index (Phi) is 10.2. The van der Waals surface area contributed by atoms with Gasteiger partial charge in [-0.2, -0.15) is 4.98 Å². The Morgan fingerprint density at radius 3 is 2.50 bits per heavy atom. The maximum Gasteiger partial charge on any atom is 0.351 e. The molecule has 1 fully saturated rings. The lowest BCUT2D eigenvalue weighted by Gasteiger charge is -2.22. The van der Waals surface area contributed by atoms with Gasteiger partial charge in [-0.1, -0.05) is 63.6 Å².